The van der Waals surface area contributed by atoms with Crippen molar-refractivity contribution in [1.82, 2.24) is 15.3 Å². The fourth-order valence-electron chi connectivity index (χ4n) is 1.60. The van der Waals surface area contributed by atoms with E-state index in [9.17, 15) is 4.79 Å². The minimum Gasteiger partial charge on any atom is -0.483 e. The standard InChI is InChI=1S/C14H15BrN4O2/c1-9-17-6-10(14(16)19-9)7-18-13(20)8-21-12-5-3-2-4-11(12)15/h2-6H,7-8H2,1H3,(H,18,20)(H2,16,17,19). The van der Waals surface area contributed by atoms with Gasteiger partial charge >= 0.3 is 0 Å². The summed E-state index contributed by atoms with van der Waals surface area (Å²) in [5.41, 5.74) is 6.43. The topological polar surface area (TPSA) is 90.1 Å². The summed E-state index contributed by atoms with van der Waals surface area (Å²) in [5, 5.41) is 2.71. The Morgan fingerprint density at radius 3 is 2.90 bits per heavy atom. The maximum absolute atomic E-state index is 11.7. The predicted molar refractivity (Wildman–Crippen MR) is 82.7 cm³/mol. The van der Waals surface area contributed by atoms with E-state index in [-0.39, 0.29) is 19.1 Å². The van der Waals surface area contributed by atoms with Gasteiger partial charge in [-0.1, -0.05) is 12.1 Å². The smallest absolute Gasteiger partial charge is 0.258 e. The van der Waals surface area contributed by atoms with Crippen molar-refractivity contribution in [2.24, 2.45) is 0 Å². The fourth-order valence-corrected chi connectivity index (χ4v) is 2.00. The van der Waals surface area contributed by atoms with Gasteiger partial charge in [0.1, 0.15) is 17.4 Å². The number of nitrogens with one attached hydrogen (secondary N) is 1. The van der Waals surface area contributed by atoms with Gasteiger partial charge in [-0.15, -0.1) is 0 Å². The molecule has 0 atom stereocenters. The Labute approximate surface area is 130 Å². The number of nitrogens with zero attached hydrogens (tertiary/aromatic N) is 2. The highest BCUT2D eigenvalue weighted by molar-refractivity contribution is 9.10. The van der Waals surface area contributed by atoms with Crippen LogP contribution in [0.4, 0.5) is 5.82 Å². The van der Waals surface area contributed by atoms with E-state index in [2.05, 4.69) is 31.2 Å². The molecule has 0 bridgehead atoms. The molecule has 3 N–H and O–H groups in total. The third kappa shape index (κ3) is 4.42. The molecule has 7 heteroatoms. The number of aromatic nitrogens is 2. The Morgan fingerprint density at radius 2 is 2.19 bits per heavy atom. The Morgan fingerprint density at radius 1 is 1.43 bits per heavy atom. The van der Waals surface area contributed by atoms with Gasteiger partial charge in [0.2, 0.25) is 0 Å². The number of halogens is 1. The van der Waals surface area contributed by atoms with Crippen LogP contribution in [0.1, 0.15) is 11.4 Å². The second-order valence-corrected chi connectivity index (χ2v) is 5.18. The highest BCUT2D eigenvalue weighted by atomic mass is 79.9. The number of hydrogen-bond acceptors (Lipinski definition) is 5. The molecule has 0 unspecified atom stereocenters. The molecule has 0 saturated carbocycles. The first-order chi connectivity index (χ1) is 10.1. The van der Waals surface area contributed by atoms with E-state index in [1.165, 1.54) is 0 Å². The molecule has 2 aromatic rings. The summed E-state index contributed by atoms with van der Waals surface area (Å²) in [4.78, 5) is 19.8. The van der Waals surface area contributed by atoms with Crippen molar-refractivity contribution < 1.29 is 9.53 Å². The monoisotopic (exact) mass is 350 g/mol. The maximum atomic E-state index is 11.7. The number of anilines is 1. The van der Waals surface area contributed by atoms with Gasteiger partial charge in [0.05, 0.1) is 4.47 Å². The summed E-state index contributed by atoms with van der Waals surface area (Å²) in [6.07, 6.45) is 1.60. The van der Waals surface area contributed by atoms with Crippen LogP contribution in [0.3, 0.4) is 0 Å². The summed E-state index contributed by atoms with van der Waals surface area (Å²) in [7, 11) is 0. The van der Waals surface area contributed by atoms with Crippen LogP contribution >= 0.6 is 15.9 Å². The SMILES string of the molecule is Cc1ncc(CNC(=O)COc2ccccc2Br)c(N)n1. The molecule has 1 heterocycles. The number of carbonyl (C=O) groups is 1. The molecule has 2 rings (SSSR count). The maximum Gasteiger partial charge on any atom is 0.258 e. The van der Waals surface area contributed by atoms with E-state index in [4.69, 9.17) is 10.5 Å². The van der Waals surface area contributed by atoms with Crippen molar-refractivity contribution >= 4 is 27.7 Å². The molecular weight excluding hydrogens is 336 g/mol. The summed E-state index contributed by atoms with van der Waals surface area (Å²) < 4.78 is 6.21. The number of rotatable bonds is 5. The summed E-state index contributed by atoms with van der Waals surface area (Å²) in [6, 6.07) is 7.33. The second kappa shape index (κ2) is 7.03. The highest BCUT2D eigenvalue weighted by Crippen LogP contribution is 2.23. The lowest BCUT2D eigenvalue weighted by atomic mass is 10.3. The van der Waals surface area contributed by atoms with Crippen LogP contribution in [-0.2, 0) is 11.3 Å². The molecule has 1 amide bonds. The van der Waals surface area contributed by atoms with Crippen LogP contribution in [0.25, 0.3) is 0 Å². The van der Waals surface area contributed by atoms with Gasteiger partial charge in [-0.05, 0) is 35.0 Å². The summed E-state index contributed by atoms with van der Waals surface area (Å²) >= 11 is 3.35. The van der Waals surface area contributed by atoms with Gasteiger partial charge < -0.3 is 15.8 Å². The molecule has 21 heavy (non-hydrogen) atoms. The fraction of sp³-hybridized carbons (Fsp3) is 0.214. The minimum atomic E-state index is -0.245. The first kappa shape index (κ1) is 15.2. The number of carbonyl (C=O) groups excluding carboxylic acids is 1. The Hall–Kier alpha value is -2.15. The Bertz CT molecular complexity index is 649. The summed E-state index contributed by atoms with van der Waals surface area (Å²) in [6.45, 7) is 1.95. The average molecular weight is 351 g/mol. The zero-order valence-corrected chi connectivity index (χ0v) is 13.1. The molecule has 1 aromatic heterocycles. The third-order valence-corrected chi connectivity index (χ3v) is 3.35. The number of nitrogens with two attached hydrogens (primary N) is 1. The molecule has 0 saturated heterocycles. The number of para-hydroxylation sites is 1. The zero-order valence-electron chi connectivity index (χ0n) is 11.5. The van der Waals surface area contributed by atoms with Crippen molar-refractivity contribution in [2.45, 2.75) is 13.5 Å². The molecule has 6 nitrogen and oxygen atoms in total. The molecule has 0 aliphatic carbocycles. The molecule has 1 aromatic carbocycles. The Kier molecular flexibility index (Phi) is 5.10. The molecule has 0 aliphatic rings. The molecule has 0 fully saturated rings. The molecule has 110 valence electrons. The lowest BCUT2D eigenvalue weighted by molar-refractivity contribution is -0.123. The minimum absolute atomic E-state index is 0.0742. The quantitative estimate of drug-likeness (QED) is 0.858. The van der Waals surface area contributed by atoms with Crippen LogP contribution in [0, 0.1) is 6.92 Å². The van der Waals surface area contributed by atoms with E-state index in [1.54, 1.807) is 19.2 Å². The number of amides is 1. The molecule has 0 radical (unpaired) electrons. The van der Waals surface area contributed by atoms with Crippen LogP contribution in [0.5, 0.6) is 5.75 Å². The van der Waals surface area contributed by atoms with Crippen molar-refractivity contribution in [3.8, 4) is 5.75 Å². The van der Waals surface area contributed by atoms with Gasteiger partial charge in [0, 0.05) is 18.3 Å². The van der Waals surface area contributed by atoms with Crippen LogP contribution in [0.2, 0.25) is 0 Å². The Balaban J connectivity index is 1.84. The average Bonchev–Trinajstić information content (AvgIpc) is 2.45. The van der Waals surface area contributed by atoms with E-state index < -0.39 is 0 Å². The van der Waals surface area contributed by atoms with Crippen LogP contribution in [0.15, 0.2) is 34.9 Å². The molecular formula is C14H15BrN4O2. The van der Waals surface area contributed by atoms with Crippen molar-refractivity contribution in [3.05, 3.63) is 46.3 Å². The zero-order chi connectivity index (χ0) is 15.2. The predicted octanol–water partition coefficient (Wildman–Crippen LogP) is 1.82. The van der Waals surface area contributed by atoms with E-state index in [1.807, 2.05) is 18.2 Å². The number of aryl methyl sites for hydroxylation is 1. The number of benzene rings is 1. The van der Waals surface area contributed by atoms with E-state index >= 15 is 0 Å². The van der Waals surface area contributed by atoms with Crippen molar-refractivity contribution in [1.29, 1.82) is 0 Å². The molecule has 0 spiro atoms. The van der Waals surface area contributed by atoms with Crippen LogP contribution in [-0.4, -0.2) is 22.5 Å². The van der Waals surface area contributed by atoms with Gasteiger partial charge in [-0.3, -0.25) is 4.79 Å². The lowest BCUT2D eigenvalue weighted by Gasteiger charge is -2.09. The summed E-state index contributed by atoms with van der Waals surface area (Å²) in [5.74, 6) is 1.34. The van der Waals surface area contributed by atoms with Gasteiger partial charge in [0.15, 0.2) is 6.61 Å². The number of ether oxygens (including phenoxy) is 1. The van der Waals surface area contributed by atoms with E-state index in [0.717, 1.165) is 4.47 Å². The van der Waals surface area contributed by atoms with Crippen LogP contribution < -0.4 is 15.8 Å². The number of nitrogen functional groups attached to an aromatic ring is 1. The highest BCUT2D eigenvalue weighted by Gasteiger charge is 2.07. The van der Waals surface area contributed by atoms with Gasteiger partial charge in [-0.25, -0.2) is 9.97 Å². The largest absolute Gasteiger partial charge is 0.483 e. The van der Waals surface area contributed by atoms with Crippen molar-refractivity contribution in [2.75, 3.05) is 12.3 Å². The number of hydrogen-bond donors (Lipinski definition) is 2. The third-order valence-electron chi connectivity index (χ3n) is 2.69. The normalized spacial score (nSPS) is 10.2. The van der Waals surface area contributed by atoms with E-state index in [0.29, 0.717) is 23.0 Å². The van der Waals surface area contributed by atoms with Gasteiger partial charge in [0.25, 0.3) is 5.91 Å². The second-order valence-electron chi connectivity index (χ2n) is 4.32. The molecule has 0 aliphatic heterocycles. The van der Waals surface area contributed by atoms with Crippen molar-refractivity contribution in [3.63, 3.8) is 0 Å². The first-order valence-corrected chi connectivity index (χ1v) is 7.07. The first-order valence-electron chi connectivity index (χ1n) is 6.28. The lowest BCUT2D eigenvalue weighted by Crippen LogP contribution is -2.29. The van der Waals surface area contributed by atoms with Gasteiger partial charge in [-0.2, -0.15) is 0 Å².